The van der Waals surface area contributed by atoms with Gasteiger partial charge in [-0.25, -0.2) is 0 Å². The Balaban J connectivity index is 2.09. The number of rotatable bonds is 2. The molecule has 0 aliphatic carbocycles. The summed E-state index contributed by atoms with van der Waals surface area (Å²) in [7, 11) is 0. The van der Waals surface area contributed by atoms with Crippen LogP contribution in [0.1, 0.15) is 16.7 Å². The van der Waals surface area contributed by atoms with Gasteiger partial charge >= 0.3 is 0 Å². The fourth-order valence-electron chi connectivity index (χ4n) is 2.34. The molecular formula is C14H19N3O2. The van der Waals surface area contributed by atoms with Crippen LogP contribution in [0.25, 0.3) is 0 Å². The third kappa shape index (κ3) is 3.12. The number of nitrogens with one attached hydrogen (secondary N) is 3. The smallest absolute Gasteiger partial charge is 0.243 e. The van der Waals surface area contributed by atoms with E-state index in [1.54, 1.807) is 0 Å². The first-order valence-electron chi connectivity index (χ1n) is 6.36. The molecule has 1 aromatic carbocycles. The molecule has 1 atom stereocenters. The van der Waals surface area contributed by atoms with Crippen molar-refractivity contribution in [3.63, 3.8) is 0 Å². The van der Waals surface area contributed by atoms with Crippen molar-refractivity contribution >= 4 is 17.5 Å². The van der Waals surface area contributed by atoms with Crippen molar-refractivity contribution in [1.29, 1.82) is 0 Å². The summed E-state index contributed by atoms with van der Waals surface area (Å²) in [5, 5.41) is 8.53. The van der Waals surface area contributed by atoms with Crippen molar-refractivity contribution in [3.05, 3.63) is 28.8 Å². The third-order valence-corrected chi connectivity index (χ3v) is 3.25. The molecule has 1 aromatic rings. The number of piperazine rings is 1. The number of hydrogen-bond donors (Lipinski definition) is 3. The van der Waals surface area contributed by atoms with Gasteiger partial charge in [0.1, 0.15) is 6.04 Å². The van der Waals surface area contributed by atoms with E-state index in [1.807, 2.05) is 32.9 Å². The third-order valence-electron chi connectivity index (χ3n) is 3.25. The van der Waals surface area contributed by atoms with Crippen molar-refractivity contribution in [2.45, 2.75) is 26.8 Å². The van der Waals surface area contributed by atoms with Crippen LogP contribution >= 0.6 is 0 Å². The number of benzene rings is 1. The zero-order chi connectivity index (χ0) is 14.0. The second-order valence-electron chi connectivity index (χ2n) is 5.00. The normalized spacial score (nSPS) is 18.9. The van der Waals surface area contributed by atoms with Gasteiger partial charge in [0.2, 0.25) is 11.8 Å². The minimum absolute atomic E-state index is 0.0771. The molecule has 3 N–H and O–H groups in total. The molecule has 1 aliphatic rings. The molecule has 1 unspecified atom stereocenters. The zero-order valence-corrected chi connectivity index (χ0v) is 11.5. The van der Waals surface area contributed by atoms with E-state index in [-0.39, 0.29) is 24.4 Å². The summed E-state index contributed by atoms with van der Waals surface area (Å²) in [4.78, 5) is 23.2. The Hall–Kier alpha value is -1.88. The Morgan fingerprint density at radius 1 is 1.26 bits per heavy atom. The maximum absolute atomic E-state index is 12.1. The molecule has 0 aromatic heterocycles. The van der Waals surface area contributed by atoms with Crippen LogP contribution < -0.4 is 16.0 Å². The van der Waals surface area contributed by atoms with Crippen LogP contribution in [0.3, 0.4) is 0 Å². The first kappa shape index (κ1) is 13.5. The molecule has 0 saturated carbocycles. The standard InChI is InChI=1S/C14H19N3O2/c1-8-4-9(2)13(10(3)5-8)17-14(19)11-6-16-12(18)7-15-11/h4-5,11,15H,6-7H2,1-3H3,(H,16,18)(H,17,19). The van der Waals surface area contributed by atoms with E-state index in [2.05, 4.69) is 16.0 Å². The summed E-state index contributed by atoms with van der Waals surface area (Å²) >= 11 is 0. The highest BCUT2D eigenvalue weighted by Gasteiger charge is 2.24. The average Bonchev–Trinajstić information content (AvgIpc) is 2.34. The maximum atomic E-state index is 12.1. The highest BCUT2D eigenvalue weighted by molar-refractivity contribution is 5.97. The molecule has 1 heterocycles. The van der Waals surface area contributed by atoms with Gasteiger partial charge < -0.3 is 10.6 Å². The number of hydrogen-bond acceptors (Lipinski definition) is 3. The Labute approximate surface area is 112 Å². The average molecular weight is 261 g/mol. The van der Waals surface area contributed by atoms with Gasteiger partial charge in [-0.05, 0) is 31.9 Å². The molecule has 0 spiro atoms. The number of anilines is 1. The summed E-state index contributed by atoms with van der Waals surface area (Å²) in [5.74, 6) is -0.193. The largest absolute Gasteiger partial charge is 0.353 e. The van der Waals surface area contributed by atoms with Crippen molar-refractivity contribution < 1.29 is 9.59 Å². The van der Waals surface area contributed by atoms with Crippen molar-refractivity contribution in [2.75, 3.05) is 18.4 Å². The zero-order valence-electron chi connectivity index (χ0n) is 11.5. The van der Waals surface area contributed by atoms with E-state index >= 15 is 0 Å². The highest BCUT2D eigenvalue weighted by Crippen LogP contribution is 2.22. The molecule has 0 radical (unpaired) electrons. The fraction of sp³-hybridized carbons (Fsp3) is 0.429. The summed E-state index contributed by atoms with van der Waals surface area (Å²) < 4.78 is 0. The molecule has 0 bridgehead atoms. The molecule has 2 rings (SSSR count). The molecule has 1 aliphatic heterocycles. The van der Waals surface area contributed by atoms with E-state index in [9.17, 15) is 9.59 Å². The van der Waals surface area contributed by atoms with Gasteiger partial charge in [-0.2, -0.15) is 0 Å². The predicted octanol–water partition coefficient (Wildman–Crippen LogP) is 0.638. The lowest BCUT2D eigenvalue weighted by Crippen LogP contribution is -2.56. The van der Waals surface area contributed by atoms with Crippen LogP contribution in [0.15, 0.2) is 12.1 Å². The predicted molar refractivity (Wildman–Crippen MR) is 74.1 cm³/mol. The molecular weight excluding hydrogens is 242 g/mol. The lowest BCUT2D eigenvalue weighted by Gasteiger charge is -2.24. The summed E-state index contributed by atoms with van der Waals surface area (Å²) in [5.41, 5.74) is 4.13. The van der Waals surface area contributed by atoms with Gasteiger partial charge in [-0.15, -0.1) is 0 Å². The Morgan fingerprint density at radius 3 is 2.42 bits per heavy atom. The van der Waals surface area contributed by atoms with Gasteiger partial charge in [0.05, 0.1) is 6.54 Å². The molecule has 5 nitrogen and oxygen atoms in total. The minimum atomic E-state index is -0.377. The quantitative estimate of drug-likeness (QED) is 0.731. The van der Waals surface area contributed by atoms with E-state index < -0.39 is 0 Å². The minimum Gasteiger partial charge on any atom is -0.353 e. The lowest BCUT2D eigenvalue weighted by atomic mass is 10.0. The monoisotopic (exact) mass is 261 g/mol. The first-order chi connectivity index (χ1) is 8.97. The highest BCUT2D eigenvalue weighted by atomic mass is 16.2. The molecule has 5 heteroatoms. The lowest BCUT2D eigenvalue weighted by molar-refractivity contribution is -0.124. The van der Waals surface area contributed by atoms with E-state index in [1.165, 1.54) is 5.56 Å². The Kier molecular flexibility index (Phi) is 3.85. The number of aryl methyl sites for hydroxylation is 3. The number of amides is 2. The van der Waals surface area contributed by atoms with Gasteiger partial charge in [-0.3, -0.25) is 14.9 Å². The molecule has 102 valence electrons. The van der Waals surface area contributed by atoms with E-state index in [0.29, 0.717) is 6.54 Å². The second kappa shape index (κ2) is 5.40. The van der Waals surface area contributed by atoms with E-state index in [0.717, 1.165) is 16.8 Å². The van der Waals surface area contributed by atoms with Gasteiger partial charge in [-0.1, -0.05) is 17.7 Å². The molecule has 1 fully saturated rings. The maximum Gasteiger partial charge on any atom is 0.243 e. The van der Waals surface area contributed by atoms with Crippen molar-refractivity contribution in [3.8, 4) is 0 Å². The van der Waals surface area contributed by atoms with Crippen LogP contribution in [-0.4, -0.2) is 30.9 Å². The van der Waals surface area contributed by atoms with Crippen molar-refractivity contribution in [2.24, 2.45) is 0 Å². The Morgan fingerprint density at radius 2 is 1.89 bits per heavy atom. The molecule has 19 heavy (non-hydrogen) atoms. The molecule has 2 amide bonds. The van der Waals surface area contributed by atoms with Crippen LogP contribution in [0.5, 0.6) is 0 Å². The summed E-state index contributed by atoms with van der Waals surface area (Å²) in [6.45, 7) is 6.50. The topological polar surface area (TPSA) is 70.2 Å². The van der Waals surface area contributed by atoms with Crippen molar-refractivity contribution in [1.82, 2.24) is 10.6 Å². The van der Waals surface area contributed by atoms with E-state index in [4.69, 9.17) is 0 Å². The first-order valence-corrected chi connectivity index (χ1v) is 6.36. The van der Waals surface area contributed by atoms with Gasteiger partial charge in [0.15, 0.2) is 0 Å². The fourth-order valence-corrected chi connectivity index (χ4v) is 2.34. The number of carbonyl (C=O) groups is 2. The Bertz CT molecular complexity index is 492. The van der Waals surface area contributed by atoms with Crippen LogP contribution in [0.4, 0.5) is 5.69 Å². The summed E-state index contributed by atoms with van der Waals surface area (Å²) in [6, 6.07) is 3.70. The van der Waals surface area contributed by atoms with Gasteiger partial charge in [0.25, 0.3) is 0 Å². The van der Waals surface area contributed by atoms with Crippen LogP contribution in [0.2, 0.25) is 0 Å². The second-order valence-corrected chi connectivity index (χ2v) is 5.00. The van der Waals surface area contributed by atoms with Crippen LogP contribution in [0, 0.1) is 20.8 Å². The SMILES string of the molecule is Cc1cc(C)c(NC(=O)C2CNC(=O)CN2)c(C)c1. The van der Waals surface area contributed by atoms with Crippen LogP contribution in [-0.2, 0) is 9.59 Å². The summed E-state index contributed by atoms with van der Waals surface area (Å²) in [6.07, 6.45) is 0. The van der Waals surface area contributed by atoms with Gasteiger partial charge in [0, 0.05) is 12.2 Å². The molecule has 1 saturated heterocycles. The number of carbonyl (C=O) groups excluding carboxylic acids is 2.